The Kier molecular flexibility index (Phi) is 7.97. The lowest BCUT2D eigenvalue weighted by molar-refractivity contribution is -0.128. The Balaban J connectivity index is 1.89. The largest absolute Gasteiger partial charge is 0.444 e. The molecule has 0 aromatic heterocycles. The van der Waals surface area contributed by atoms with Gasteiger partial charge in [0, 0.05) is 13.1 Å². The van der Waals surface area contributed by atoms with Gasteiger partial charge < -0.3 is 24.4 Å². The molecule has 132 valence electrons. The Morgan fingerprint density at radius 1 is 1.13 bits per heavy atom. The average Bonchev–Trinajstić information content (AvgIpc) is 2.73. The molecule has 1 rings (SSSR count). The van der Waals surface area contributed by atoms with E-state index in [9.17, 15) is 14.4 Å². The molecule has 1 saturated heterocycles. The van der Waals surface area contributed by atoms with E-state index in [1.165, 1.54) is 4.90 Å². The molecule has 1 N–H and O–H groups in total. The zero-order chi connectivity index (χ0) is 17.3. The van der Waals surface area contributed by atoms with Gasteiger partial charge in [-0.05, 0) is 20.8 Å². The van der Waals surface area contributed by atoms with Gasteiger partial charge in [-0.1, -0.05) is 0 Å². The molecule has 1 heterocycles. The van der Waals surface area contributed by atoms with Crippen LogP contribution >= 0.6 is 0 Å². The summed E-state index contributed by atoms with van der Waals surface area (Å²) in [7, 11) is 0. The van der Waals surface area contributed by atoms with E-state index < -0.39 is 11.7 Å². The third-order valence-electron chi connectivity index (χ3n) is 2.86. The first-order valence-electron chi connectivity index (χ1n) is 7.70. The van der Waals surface area contributed by atoms with Gasteiger partial charge >= 0.3 is 6.09 Å². The van der Waals surface area contributed by atoms with Crippen molar-refractivity contribution in [2.75, 3.05) is 46.1 Å². The van der Waals surface area contributed by atoms with E-state index in [0.29, 0.717) is 39.5 Å². The summed E-state index contributed by atoms with van der Waals surface area (Å²) in [5, 5.41) is 2.58. The Labute approximate surface area is 136 Å². The van der Waals surface area contributed by atoms with Crippen LogP contribution in [0.15, 0.2) is 0 Å². The number of amides is 2. The molecule has 2 amide bonds. The molecule has 0 spiro atoms. The molecule has 0 aromatic rings. The van der Waals surface area contributed by atoms with Crippen molar-refractivity contribution in [3.8, 4) is 0 Å². The fourth-order valence-corrected chi connectivity index (χ4v) is 1.88. The van der Waals surface area contributed by atoms with Crippen molar-refractivity contribution in [3.05, 3.63) is 0 Å². The first-order chi connectivity index (χ1) is 10.8. The minimum Gasteiger partial charge on any atom is -0.444 e. The Bertz CT molecular complexity index is 419. The summed E-state index contributed by atoms with van der Waals surface area (Å²) in [6.45, 7) is 7.88. The molecular weight excluding hydrogens is 304 g/mol. The van der Waals surface area contributed by atoms with Gasteiger partial charge in [0.2, 0.25) is 5.91 Å². The molecule has 8 nitrogen and oxygen atoms in total. The molecule has 0 saturated carbocycles. The SMILES string of the molecule is CC(C)(C)OC(=O)NCCOCCOCCN1CC(=O)CC1=O. The number of Topliss-reactive ketones (excluding diaryl/α,β-unsaturated/α-hetero) is 1. The molecule has 23 heavy (non-hydrogen) atoms. The topological polar surface area (TPSA) is 94.2 Å². The fourth-order valence-electron chi connectivity index (χ4n) is 1.88. The maximum Gasteiger partial charge on any atom is 0.407 e. The van der Waals surface area contributed by atoms with Crippen molar-refractivity contribution in [2.24, 2.45) is 0 Å². The highest BCUT2D eigenvalue weighted by Crippen LogP contribution is 2.06. The van der Waals surface area contributed by atoms with Crippen LogP contribution in [0.5, 0.6) is 0 Å². The van der Waals surface area contributed by atoms with E-state index in [0.717, 1.165) is 0 Å². The zero-order valence-electron chi connectivity index (χ0n) is 14.1. The third kappa shape index (κ3) is 9.14. The van der Waals surface area contributed by atoms with E-state index in [-0.39, 0.29) is 24.7 Å². The first kappa shape index (κ1) is 19.4. The summed E-state index contributed by atoms with van der Waals surface area (Å²) in [6, 6.07) is 0. The van der Waals surface area contributed by atoms with Gasteiger partial charge in [-0.3, -0.25) is 9.59 Å². The lowest BCUT2D eigenvalue weighted by Crippen LogP contribution is -2.34. The number of hydrogen-bond acceptors (Lipinski definition) is 6. The van der Waals surface area contributed by atoms with Gasteiger partial charge in [0.05, 0.1) is 39.4 Å². The second-order valence-corrected chi connectivity index (χ2v) is 6.18. The van der Waals surface area contributed by atoms with Gasteiger partial charge in [-0.15, -0.1) is 0 Å². The number of hydrogen-bond donors (Lipinski definition) is 1. The van der Waals surface area contributed by atoms with Gasteiger partial charge in [0.1, 0.15) is 5.60 Å². The van der Waals surface area contributed by atoms with Crippen molar-refractivity contribution < 1.29 is 28.6 Å². The maximum atomic E-state index is 11.3. The van der Waals surface area contributed by atoms with Crippen LogP contribution in [0, 0.1) is 0 Å². The average molecular weight is 330 g/mol. The monoisotopic (exact) mass is 330 g/mol. The standard InChI is InChI=1S/C15H26N2O6/c1-15(2,3)23-14(20)16-4-6-21-8-9-22-7-5-17-11-12(18)10-13(17)19/h4-11H2,1-3H3,(H,16,20). The van der Waals surface area contributed by atoms with Crippen molar-refractivity contribution in [1.82, 2.24) is 10.2 Å². The number of ether oxygens (including phenoxy) is 3. The Hall–Kier alpha value is -1.67. The summed E-state index contributed by atoms with van der Waals surface area (Å²) < 4.78 is 15.7. The molecule has 0 radical (unpaired) electrons. The second kappa shape index (κ2) is 9.46. The second-order valence-electron chi connectivity index (χ2n) is 6.18. The molecular formula is C15H26N2O6. The summed E-state index contributed by atoms with van der Waals surface area (Å²) in [5.41, 5.74) is -0.514. The highest BCUT2D eigenvalue weighted by Gasteiger charge is 2.26. The number of nitrogens with one attached hydrogen (secondary N) is 1. The Morgan fingerprint density at radius 3 is 2.35 bits per heavy atom. The van der Waals surface area contributed by atoms with Gasteiger partial charge in [-0.25, -0.2) is 4.79 Å². The van der Waals surface area contributed by atoms with E-state index in [2.05, 4.69) is 5.32 Å². The smallest absolute Gasteiger partial charge is 0.407 e. The number of likely N-dealkylation sites (tertiary alicyclic amines) is 1. The molecule has 1 aliphatic rings. The van der Waals surface area contributed by atoms with Crippen LogP contribution in [-0.4, -0.2) is 74.3 Å². The molecule has 1 fully saturated rings. The minimum atomic E-state index is -0.514. The predicted octanol–water partition coefficient (Wildman–Crippen LogP) is 0.346. The quantitative estimate of drug-likeness (QED) is 0.484. The fraction of sp³-hybridized carbons (Fsp3) is 0.800. The molecule has 8 heteroatoms. The summed E-state index contributed by atoms with van der Waals surface area (Å²) in [6.07, 6.45) is -0.463. The number of ketones is 1. The third-order valence-corrected chi connectivity index (χ3v) is 2.86. The first-order valence-corrected chi connectivity index (χ1v) is 7.70. The molecule has 0 bridgehead atoms. The van der Waals surface area contributed by atoms with Crippen LogP contribution in [0.2, 0.25) is 0 Å². The molecule has 0 atom stereocenters. The van der Waals surface area contributed by atoms with E-state index >= 15 is 0 Å². The predicted molar refractivity (Wildman–Crippen MR) is 82.1 cm³/mol. The lowest BCUT2D eigenvalue weighted by atomic mass is 10.2. The molecule has 0 aromatic carbocycles. The van der Waals surface area contributed by atoms with Gasteiger partial charge in [-0.2, -0.15) is 0 Å². The normalized spacial score (nSPS) is 15.2. The van der Waals surface area contributed by atoms with Crippen molar-refractivity contribution in [2.45, 2.75) is 32.8 Å². The van der Waals surface area contributed by atoms with Crippen molar-refractivity contribution in [3.63, 3.8) is 0 Å². The lowest BCUT2D eigenvalue weighted by Gasteiger charge is -2.19. The molecule has 1 aliphatic heterocycles. The van der Waals surface area contributed by atoms with E-state index in [4.69, 9.17) is 14.2 Å². The van der Waals surface area contributed by atoms with E-state index in [1.807, 2.05) is 0 Å². The van der Waals surface area contributed by atoms with Crippen LogP contribution < -0.4 is 5.32 Å². The van der Waals surface area contributed by atoms with Crippen LogP contribution in [-0.2, 0) is 23.8 Å². The Morgan fingerprint density at radius 2 is 1.78 bits per heavy atom. The number of carbonyl (C=O) groups is 3. The highest BCUT2D eigenvalue weighted by atomic mass is 16.6. The summed E-state index contributed by atoms with van der Waals surface area (Å²) >= 11 is 0. The highest BCUT2D eigenvalue weighted by molar-refractivity contribution is 6.05. The van der Waals surface area contributed by atoms with Crippen molar-refractivity contribution in [1.29, 1.82) is 0 Å². The summed E-state index contributed by atoms with van der Waals surface area (Å²) in [5.74, 6) is -0.182. The van der Waals surface area contributed by atoms with Crippen LogP contribution in [0.1, 0.15) is 27.2 Å². The van der Waals surface area contributed by atoms with Crippen LogP contribution in [0.4, 0.5) is 4.79 Å². The number of alkyl carbamates (subject to hydrolysis) is 1. The summed E-state index contributed by atoms with van der Waals surface area (Å²) in [4.78, 5) is 35.2. The number of carbonyl (C=O) groups excluding carboxylic acids is 3. The minimum absolute atomic E-state index is 0.00770. The number of rotatable bonds is 9. The van der Waals surface area contributed by atoms with Crippen LogP contribution in [0.3, 0.4) is 0 Å². The van der Waals surface area contributed by atoms with Gasteiger partial charge in [0.25, 0.3) is 0 Å². The van der Waals surface area contributed by atoms with Gasteiger partial charge in [0.15, 0.2) is 5.78 Å². The molecule has 0 unspecified atom stereocenters. The van der Waals surface area contributed by atoms with Crippen molar-refractivity contribution >= 4 is 17.8 Å². The van der Waals surface area contributed by atoms with Crippen LogP contribution in [0.25, 0.3) is 0 Å². The van der Waals surface area contributed by atoms with E-state index in [1.54, 1.807) is 20.8 Å². The number of nitrogens with zero attached hydrogens (tertiary/aromatic N) is 1. The maximum absolute atomic E-state index is 11.3. The molecule has 0 aliphatic carbocycles. The zero-order valence-corrected chi connectivity index (χ0v) is 14.1.